The molecule has 1 heterocycles. The van der Waals surface area contributed by atoms with Crippen LogP contribution >= 0.6 is 0 Å². The Balaban J connectivity index is 2.31. The summed E-state index contributed by atoms with van der Waals surface area (Å²) >= 11 is 0. The van der Waals surface area contributed by atoms with Gasteiger partial charge in [-0.05, 0) is 31.4 Å². The molecule has 0 saturated carbocycles. The molecule has 0 aliphatic carbocycles. The maximum absolute atomic E-state index is 11.9. The van der Waals surface area contributed by atoms with Crippen molar-refractivity contribution in [2.24, 2.45) is 0 Å². The molecule has 0 spiro atoms. The zero-order valence-electron chi connectivity index (χ0n) is 11.2. The van der Waals surface area contributed by atoms with Gasteiger partial charge in [0.2, 0.25) is 0 Å². The molecule has 1 unspecified atom stereocenters. The molecule has 1 saturated heterocycles. The number of methoxy groups -OCH3 is 1. The van der Waals surface area contributed by atoms with Gasteiger partial charge in [0, 0.05) is 6.54 Å². The number of hydrogen-bond acceptors (Lipinski definition) is 4. The highest BCUT2D eigenvalue weighted by molar-refractivity contribution is 5.92. The maximum Gasteiger partial charge on any atom is 0.339 e. The smallest absolute Gasteiger partial charge is 0.339 e. The van der Waals surface area contributed by atoms with Crippen molar-refractivity contribution < 1.29 is 24.2 Å². The standard InChI is InChI=1S/C14H17NO5/c1-19-10-7-4-5-9(14(17)18)12(10)20-11-6-2-3-8-15-13(11)16/h4-5,7,11H,2-3,6,8H2,1H3,(H,15,16)(H,17,18). The van der Waals surface area contributed by atoms with E-state index in [0.29, 0.717) is 18.7 Å². The number of aromatic carboxylic acids is 1. The summed E-state index contributed by atoms with van der Waals surface area (Å²) in [6.07, 6.45) is 1.61. The third-order valence-corrected chi connectivity index (χ3v) is 3.17. The number of carbonyl (C=O) groups excluding carboxylic acids is 1. The summed E-state index contributed by atoms with van der Waals surface area (Å²) in [4.78, 5) is 23.1. The molecule has 108 valence electrons. The number of benzene rings is 1. The second-order valence-electron chi connectivity index (χ2n) is 4.54. The minimum absolute atomic E-state index is 0.0126. The minimum Gasteiger partial charge on any atom is -0.493 e. The van der Waals surface area contributed by atoms with Gasteiger partial charge in [-0.15, -0.1) is 0 Å². The lowest BCUT2D eigenvalue weighted by Crippen LogP contribution is -2.36. The fourth-order valence-corrected chi connectivity index (χ4v) is 2.13. The van der Waals surface area contributed by atoms with E-state index in [1.54, 1.807) is 12.1 Å². The van der Waals surface area contributed by atoms with E-state index in [2.05, 4.69) is 5.32 Å². The largest absolute Gasteiger partial charge is 0.493 e. The molecule has 6 heteroatoms. The van der Waals surface area contributed by atoms with Crippen molar-refractivity contribution in [3.63, 3.8) is 0 Å². The van der Waals surface area contributed by atoms with Gasteiger partial charge in [-0.25, -0.2) is 4.79 Å². The van der Waals surface area contributed by atoms with E-state index in [0.717, 1.165) is 12.8 Å². The molecular formula is C14H17NO5. The van der Waals surface area contributed by atoms with Gasteiger partial charge in [0.15, 0.2) is 17.6 Å². The molecule has 1 amide bonds. The number of hydrogen-bond donors (Lipinski definition) is 2. The average molecular weight is 279 g/mol. The average Bonchev–Trinajstić information content (AvgIpc) is 2.64. The van der Waals surface area contributed by atoms with E-state index >= 15 is 0 Å². The fraction of sp³-hybridized carbons (Fsp3) is 0.429. The fourth-order valence-electron chi connectivity index (χ4n) is 2.13. The van der Waals surface area contributed by atoms with Gasteiger partial charge in [-0.2, -0.15) is 0 Å². The zero-order chi connectivity index (χ0) is 14.5. The van der Waals surface area contributed by atoms with E-state index in [4.69, 9.17) is 9.47 Å². The highest BCUT2D eigenvalue weighted by Gasteiger charge is 2.26. The van der Waals surface area contributed by atoms with Crippen LogP contribution in [0.2, 0.25) is 0 Å². The zero-order valence-corrected chi connectivity index (χ0v) is 11.2. The van der Waals surface area contributed by atoms with Crippen LogP contribution in [-0.4, -0.2) is 36.7 Å². The number of rotatable bonds is 4. The van der Waals surface area contributed by atoms with Crippen LogP contribution < -0.4 is 14.8 Å². The van der Waals surface area contributed by atoms with E-state index in [9.17, 15) is 14.7 Å². The van der Waals surface area contributed by atoms with Crippen molar-refractivity contribution in [1.82, 2.24) is 5.32 Å². The molecule has 2 N–H and O–H groups in total. The van der Waals surface area contributed by atoms with Gasteiger partial charge in [-0.3, -0.25) is 4.79 Å². The van der Waals surface area contributed by atoms with Gasteiger partial charge in [0.25, 0.3) is 5.91 Å². The number of carbonyl (C=O) groups is 2. The highest BCUT2D eigenvalue weighted by atomic mass is 16.5. The van der Waals surface area contributed by atoms with Gasteiger partial charge >= 0.3 is 5.97 Å². The van der Waals surface area contributed by atoms with Crippen molar-refractivity contribution in [1.29, 1.82) is 0 Å². The Morgan fingerprint density at radius 1 is 1.40 bits per heavy atom. The molecule has 1 fully saturated rings. The Morgan fingerprint density at radius 2 is 2.20 bits per heavy atom. The normalized spacial score (nSPS) is 18.9. The van der Waals surface area contributed by atoms with Gasteiger partial charge < -0.3 is 19.9 Å². The summed E-state index contributed by atoms with van der Waals surface area (Å²) in [6, 6.07) is 4.60. The molecule has 1 atom stereocenters. The summed E-state index contributed by atoms with van der Waals surface area (Å²) in [6.45, 7) is 0.621. The molecule has 1 aromatic rings. The quantitative estimate of drug-likeness (QED) is 0.871. The Bertz CT molecular complexity index is 514. The SMILES string of the molecule is COc1cccc(C(=O)O)c1OC1CCCCNC1=O. The van der Waals surface area contributed by atoms with Crippen molar-refractivity contribution >= 4 is 11.9 Å². The predicted octanol–water partition coefficient (Wildman–Crippen LogP) is 1.44. The van der Waals surface area contributed by atoms with Crippen LogP contribution in [0.15, 0.2) is 18.2 Å². The summed E-state index contributed by atoms with van der Waals surface area (Å²) in [7, 11) is 1.43. The third kappa shape index (κ3) is 3.01. The Kier molecular flexibility index (Phi) is 4.45. The van der Waals surface area contributed by atoms with Gasteiger partial charge in [0.05, 0.1) is 7.11 Å². The Labute approximate surface area is 116 Å². The summed E-state index contributed by atoms with van der Waals surface area (Å²) in [5, 5.41) is 11.9. The maximum atomic E-state index is 11.9. The third-order valence-electron chi connectivity index (χ3n) is 3.17. The number of amides is 1. The van der Waals surface area contributed by atoms with Crippen molar-refractivity contribution in [2.75, 3.05) is 13.7 Å². The topological polar surface area (TPSA) is 84.9 Å². The van der Waals surface area contributed by atoms with Gasteiger partial charge in [-0.1, -0.05) is 6.07 Å². The Morgan fingerprint density at radius 3 is 2.90 bits per heavy atom. The number of para-hydroxylation sites is 1. The molecule has 6 nitrogen and oxygen atoms in total. The highest BCUT2D eigenvalue weighted by Crippen LogP contribution is 2.32. The van der Waals surface area contributed by atoms with Crippen molar-refractivity contribution in [3.05, 3.63) is 23.8 Å². The van der Waals surface area contributed by atoms with Crippen LogP contribution in [0.4, 0.5) is 0 Å². The first-order valence-corrected chi connectivity index (χ1v) is 6.48. The summed E-state index contributed by atoms with van der Waals surface area (Å²) in [5.74, 6) is -0.927. The molecule has 20 heavy (non-hydrogen) atoms. The molecule has 1 aliphatic heterocycles. The molecule has 1 aliphatic rings. The van der Waals surface area contributed by atoms with Crippen LogP contribution in [0.25, 0.3) is 0 Å². The molecule has 0 aromatic heterocycles. The first-order chi connectivity index (χ1) is 9.63. The number of nitrogens with one attached hydrogen (secondary N) is 1. The van der Waals surface area contributed by atoms with Crippen molar-refractivity contribution in [2.45, 2.75) is 25.4 Å². The second kappa shape index (κ2) is 6.27. The van der Waals surface area contributed by atoms with E-state index in [-0.39, 0.29) is 17.2 Å². The number of ether oxygens (including phenoxy) is 2. The lowest BCUT2D eigenvalue weighted by molar-refractivity contribution is -0.127. The van der Waals surface area contributed by atoms with Crippen LogP contribution in [0.5, 0.6) is 11.5 Å². The summed E-state index contributed by atoms with van der Waals surface area (Å²) in [5.41, 5.74) is -0.0126. The minimum atomic E-state index is -1.12. The van der Waals surface area contributed by atoms with Crippen molar-refractivity contribution in [3.8, 4) is 11.5 Å². The van der Waals surface area contributed by atoms with E-state index in [1.807, 2.05) is 0 Å². The van der Waals surface area contributed by atoms with Crippen LogP contribution in [0.1, 0.15) is 29.6 Å². The lowest BCUT2D eigenvalue weighted by Gasteiger charge is -2.19. The predicted molar refractivity (Wildman–Crippen MR) is 71.2 cm³/mol. The monoisotopic (exact) mass is 279 g/mol. The van der Waals surface area contributed by atoms with Crippen LogP contribution in [0.3, 0.4) is 0 Å². The lowest BCUT2D eigenvalue weighted by atomic mass is 10.1. The van der Waals surface area contributed by atoms with E-state index in [1.165, 1.54) is 13.2 Å². The first kappa shape index (κ1) is 14.2. The van der Waals surface area contributed by atoms with Crippen LogP contribution in [0, 0.1) is 0 Å². The van der Waals surface area contributed by atoms with E-state index < -0.39 is 12.1 Å². The summed E-state index contributed by atoms with van der Waals surface area (Å²) < 4.78 is 10.8. The molecule has 2 rings (SSSR count). The molecular weight excluding hydrogens is 262 g/mol. The molecule has 0 bridgehead atoms. The number of carboxylic acids is 1. The second-order valence-corrected chi connectivity index (χ2v) is 4.54. The Hall–Kier alpha value is -2.24. The van der Waals surface area contributed by atoms with Crippen LogP contribution in [-0.2, 0) is 4.79 Å². The molecule has 1 aromatic carbocycles. The van der Waals surface area contributed by atoms with Gasteiger partial charge in [0.1, 0.15) is 5.56 Å². The first-order valence-electron chi connectivity index (χ1n) is 6.48. The number of carboxylic acid groups (broad SMARTS) is 1. The molecule has 0 radical (unpaired) electrons.